The number of halogens is 1. The summed E-state index contributed by atoms with van der Waals surface area (Å²) in [6, 6.07) is 12.8. The number of carbonyl (C=O) groups excluding carboxylic acids is 2. The van der Waals surface area contributed by atoms with Gasteiger partial charge in [-0.05, 0) is 36.8 Å². The maximum Gasteiger partial charge on any atom is 0.259 e. The lowest BCUT2D eigenvalue weighted by Gasteiger charge is -2.19. The number of pyridine rings is 1. The number of rotatable bonds is 8. The first-order chi connectivity index (χ1) is 17.3. The van der Waals surface area contributed by atoms with Crippen LogP contribution < -0.4 is 15.4 Å². The van der Waals surface area contributed by atoms with Gasteiger partial charge in [0.1, 0.15) is 17.4 Å². The molecule has 0 saturated carbocycles. The number of aromatic nitrogens is 1. The first-order valence-corrected chi connectivity index (χ1v) is 11.5. The number of benzene rings is 2. The van der Waals surface area contributed by atoms with E-state index in [0.29, 0.717) is 22.5 Å². The summed E-state index contributed by atoms with van der Waals surface area (Å²) in [7, 11) is 3.27. The van der Waals surface area contributed by atoms with Crippen molar-refractivity contribution in [1.29, 1.82) is 5.41 Å². The first kappa shape index (κ1) is 26.3. The van der Waals surface area contributed by atoms with Gasteiger partial charge in [-0.2, -0.15) is 0 Å². The Bertz CT molecular complexity index is 1310. The van der Waals surface area contributed by atoms with Gasteiger partial charge in [0.25, 0.3) is 11.8 Å². The van der Waals surface area contributed by atoms with Crippen LogP contribution in [0.3, 0.4) is 0 Å². The van der Waals surface area contributed by atoms with Crippen molar-refractivity contribution in [3.63, 3.8) is 0 Å². The molecule has 3 aromatic rings. The van der Waals surface area contributed by atoms with E-state index in [1.165, 1.54) is 25.4 Å². The fourth-order valence-corrected chi connectivity index (χ4v) is 3.63. The topological polar surface area (TPSA) is 107 Å². The van der Waals surface area contributed by atoms with E-state index in [0.717, 1.165) is 13.0 Å². The van der Waals surface area contributed by atoms with E-state index >= 15 is 0 Å². The van der Waals surface area contributed by atoms with Gasteiger partial charge in [-0.1, -0.05) is 36.6 Å². The molecule has 0 aliphatic rings. The van der Waals surface area contributed by atoms with E-state index in [9.17, 15) is 9.59 Å². The van der Waals surface area contributed by atoms with Crippen LogP contribution in [-0.2, 0) is 0 Å². The molecule has 3 rings (SSSR count). The minimum atomic E-state index is -0.546. The number of amides is 2. The summed E-state index contributed by atoms with van der Waals surface area (Å²) in [5, 5.41) is 14.0. The van der Waals surface area contributed by atoms with Crippen LogP contribution in [0.2, 0.25) is 5.02 Å². The van der Waals surface area contributed by atoms with Crippen molar-refractivity contribution >= 4 is 40.8 Å². The summed E-state index contributed by atoms with van der Waals surface area (Å²) in [4.78, 5) is 32.1. The molecule has 0 atom stereocenters. The molecule has 0 spiro atoms. The number of nitrogens with zero attached hydrogens (tertiary/aromatic N) is 2. The van der Waals surface area contributed by atoms with Crippen LogP contribution in [0, 0.1) is 17.8 Å². The Morgan fingerprint density at radius 3 is 2.39 bits per heavy atom. The summed E-state index contributed by atoms with van der Waals surface area (Å²) in [6.45, 7) is 2.80. The molecule has 2 amide bonds. The Labute approximate surface area is 215 Å². The number of amidine groups is 1. The third-order valence-electron chi connectivity index (χ3n) is 5.30. The van der Waals surface area contributed by atoms with Crippen LogP contribution in [0.25, 0.3) is 0 Å². The maximum absolute atomic E-state index is 13.1. The number of methoxy groups -OCH3 is 1. The predicted octanol–water partition coefficient (Wildman–Crippen LogP) is 4.90. The van der Waals surface area contributed by atoms with Gasteiger partial charge in [0, 0.05) is 47.6 Å². The molecule has 9 heteroatoms. The fraction of sp³-hybridized carbons (Fsp3) is 0.185. The van der Waals surface area contributed by atoms with E-state index < -0.39 is 11.8 Å². The molecule has 0 fully saturated rings. The minimum absolute atomic E-state index is 0.0927. The summed E-state index contributed by atoms with van der Waals surface area (Å²) >= 11 is 6.20. The average molecular weight is 504 g/mol. The lowest BCUT2D eigenvalue weighted by atomic mass is 10.1. The molecule has 8 nitrogen and oxygen atoms in total. The highest BCUT2D eigenvalue weighted by molar-refractivity contribution is 6.31. The molecule has 0 aliphatic heterocycles. The van der Waals surface area contributed by atoms with Crippen molar-refractivity contribution in [3.8, 4) is 18.1 Å². The number of hydrogen-bond acceptors (Lipinski definition) is 5. The second-order valence-corrected chi connectivity index (χ2v) is 8.30. The van der Waals surface area contributed by atoms with Gasteiger partial charge < -0.3 is 20.3 Å². The molecule has 1 aromatic heterocycles. The van der Waals surface area contributed by atoms with Crippen LogP contribution in [-0.4, -0.2) is 48.2 Å². The molecule has 2 aromatic carbocycles. The van der Waals surface area contributed by atoms with Gasteiger partial charge in [-0.15, -0.1) is 6.42 Å². The van der Waals surface area contributed by atoms with Gasteiger partial charge in [0.2, 0.25) is 0 Å². The monoisotopic (exact) mass is 503 g/mol. The smallest absolute Gasteiger partial charge is 0.259 e. The van der Waals surface area contributed by atoms with Gasteiger partial charge in [0.05, 0.1) is 18.4 Å². The lowest BCUT2D eigenvalue weighted by Crippen LogP contribution is -2.27. The van der Waals surface area contributed by atoms with E-state index in [-0.39, 0.29) is 27.8 Å². The zero-order chi connectivity index (χ0) is 26.2. The van der Waals surface area contributed by atoms with Crippen LogP contribution >= 0.6 is 11.6 Å². The zero-order valence-electron chi connectivity index (χ0n) is 20.2. The Balaban J connectivity index is 1.86. The molecular formula is C27H26ClN5O3. The number of anilines is 2. The summed E-state index contributed by atoms with van der Waals surface area (Å²) < 4.78 is 5.38. The number of carbonyl (C=O) groups is 2. The van der Waals surface area contributed by atoms with E-state index in [1.807, 2.05) is 18.9 Å². The molecule has 0 saturated heterocycles. The highest BCUT2D eigenvalue weighted by atomic mass is 35.5. The Morgan fingerprint density at radius 1 is 1.11 bits per heavy atom. The standard InChI is InChI=1S/C27H26ClN5O3/c1-5-13-33(3)25(29)18-8-10-19(11-9-18)26(34)32-24-21(14-20(28)15-22(24)36-4)27(35)31-23-12-7-17(6-2)16-30-23/h2,7-12,14-16,29H,5,13H2,1,3-4H3,(H,32,34)(H,30,31,35). The summed E-state index contributed by atoms with van der Waals surface area (Å²) in [5.74, 6) is 2.32. The van der Waals surface area contributed by atoms with E-state index in [4.69, 9.17) is 28.2 Å². The minimum Gasteiger partial charge on any atom is -0.494 e. The molecule has 0 radical (unpaired) electrons. The Hall–Kier alpha value is -4.35. The second kappa shape index (κ2) is 11.9. The van der Waals surface area contributed by atoms with Crippen LogP contribution in [0.4, 0.5) is 11.5 Å². The fourth-order valence-electron chi connectivity index (χ4n) is 3.42. The van der Waals surface area contributed by atoms with Crippen molar-refractivity contribution < 1.29 is 14.3 Å². The summed E-state index contributed by atoms with van der Waals surface area (Å²) in [6.07, 6.45) is 7.72. The highest BCUT2D eigenvalue weighted by Gasteiger charge is 2.21. The summed E-state index contributed by atoms with van der Waals surface area (Å²) in [5.41, 5.74) is 1.86. The number of hydrogen-bond donors (Lipinski definition) is 3. The number of terminal acetylenes is 1. The second-order valence-electron chi connectivity index (χ2n) is 7.86. The van der Waals surface area contributed by atoms with Gasteiger partial charge in [-0.25, -0.2) is 4.98 Å². The molecule has 0 aliphatic carbocycles. The van der Waals surface area contributed by atoms with Crippen LogP contribution in [0.15, 0.2) is 54.7 Å². The molecule has 1 heterocycles. The van der Waals surface area contributed by atoms with E-state index in [2.05, 4.69) is 21.5 Å². The third-order valence-corrected chi connectivity index (χ3v) is 5.52. The Morgan fingerprint density at radius 2 is 1.81 bits per heavy atom. The molecular weight excluding hydrogens is 478 g/mol. The zero-order valence-corrected chi connectivity index (χ0v) is 20.9. The quantitative estimate of drug-likeness (QED) is 0.230. The third kappa shape index (κ3) is 6.20. The van der Waals surface area contributed by atoms with Gasteiger partial charge in [0.15, 0.2) is 0 Å². The lowest BCUT2D eigenvalue weighted by molar-refractivity contribution is 0.102. The van der Waals surface area contributed by atoms with Crippen molar-refractivity contribution in [2.75, 3.05) is 31.3 Å². The molecule has 3 N–H and O–H groups in total. The van der Waals surface area contributed by atoms with Crippen molar-refractivity contribution in [1.82, 2.24) is 9.88 Å². The molecule has 184 valence electrons. The van der Waals surface area contributed by atoms with Crippen molar-refractivity contribution in [3.05, 3.63) is 82.0 Å². The van der Waals surface area contributed by atoms with Gasteiger partial charge in [-0.3, -0.25) is 15.0 Å². The van der Waals surface area contributed by atoms with Gasteiger partial charge >= 0.3 is 0 Å². The van der Waals surface area contributed by atoms with Crippen LogP contribution in [0.5, 0.6) is 5.75 Å². The Kier molecular flexibility index (Phi) is 8.66. The SMILES string of the molecule is C#Cc1ccc(NC(=O)c2cc(Cl)cc(OC)c2NC(=O)c2ccc(C(=N)N(C)CCC)cc2)nc1. The van der Waals surface area contributed by atoms with Crippen molar-refractivity contribution in [2.45, 2.75) is 13.3 Å². The molecule has 36 heavy (non-hydrogen) atoms. The van der Waals surface area contributed by atoms with Crippen LogP contribution in [0.1, 0.15) is 45.2 Å². The molecule has 0 unspecified atom stereocenters. The van der Waals surface area contributed by atoms with Crippen molar-refractivity contribution in [2.24, 2.45) is 0 Å². The average Bonchev–Trinajstić information content (AvgIpc) is 2.89. The molecule has 0 bridgehead atoms. The van der Waals surface area contributed by atoms with E-state index in [1.54, 1.807) is 36.4 Å². The maximum atomic E-state index is 13.1. The normalized spacial score (nSPS) is 10.2. The predicted molar refractivity (Wildman–Crippen MR) is 142 cm³/mol. The number of ether oxygens (including phenoxy) is 1. The largest absolute Gasteiger partial charge is 0.494 e. The highest BCUT2D eigenvalue weighted by Crippen LogP contribution is 2.33. The number of nitrogens with one attached hydrogen (secondary N) is 3. The first-order valence-electron chi connectivity index (χ1n) is 11.1.